The zero-order valence-corrected chi connectivity index (χ0v) is 15.9. The van der Waals surface area contributed by atoms with Crippen LogP contribution >= 0.6 is 11.6 Å². The minimum absolute atomic E-state index is 0.220. The third-order valence-corrected chi connectivity index (χ3v) is 4.82. The molecule has 3 rings (SSSR count). The number of nitrogen functional groups attached to an aromatic ring is 1. The Kier molecular flexibility index (Phi) is 4.00. The second-order valence-corrected chi connectivity index (χ2v) is 9.09. The van der Waals surface area contributed by atoms with Gasteiger partial charge in [0.2, 0.25) is 15.0 Å². The SMILES string of the molecule is CC(C)(C)n1nc2nc(S(C)(=O)=O)nc(-c3ccccc3Cl)c2c1N. The second-order valence-electron chi connectivity index (χ2n) is 6.77. The number of rotatable bonds is 2. The van der Waals surface area contributed by atoms with Gasteiger partial charge in [-0.1, -0.05) is 29.8 Å². The number of fused-ring (bicyclic) bond motifs is 1. The van der Waals surface area contributed by atoms with Crippen molar-refractivity contribution in [2.75, 3.05) is 12.0 Å². The third kappa shape index (κ3) is 3.07. The summed E-state index contributed by atoms with van der Waals surface area (Å²) in [6.45, 7) is 5.82. The molecule has 2 aromatic heterocycles. The summed E-state index contributed by atoms with van der Waals surface area (Å²) in [6.07, 6.45) is 1.05. The molecule has 0 aliphatic rings. The molecule has 3 aromatic rings. The number of benzene rings is 1. The predicted molar refractivity (Wildman–Crippen MR) is 98.3 cm³/mol. The molecule has 1 aromatic carbocycles. The van der Waals surface area contributed by atoms with Crippen LogP contribution in [-0.2, 0) is 15.4 Å². The van der Waals surface area contributed by atoms with Crippen molar-refractivity contribution in [3.8, 4) is 11.3 Å². The predicted octanol–water partition coefficient (Wildman–Crippen LogP) is 2.89. The van der Waals surface area contributed by atoms with E-state index in [0.717, 1.165) is 6.26 Å². The van der Waals surface area contributed by atoms with E-state index in [-0.39, 0.29) is 10.8 Å². The molecule has 0 bridgehead atoms. The van der Waals surface area contributed by atoms with E-state index in [1.807, 2.05) is 20.8 Å². The van der Waals surface area contributed by atoms with Crippen molar-refractivity contribution in [3.63, 3.8) is 0 Å². The van der Waals surface area contributed by atoms with Crippen LogP contribution in [0.15, 0.2) is 29.4 Å². The quantitative estimate of drug-likeness (QED) is 0.686. The molecule has 132 valence electrons. The summed E-state index contributed by atoms with van der Waals surface area (Å²) in [7, 11) is -3.63. The third-order valence-electron chi connectivity index (χ3n) is 3.64. The van der Waals surface area contributed by atoms with Crippen molar-refractivity contribution in [1.82, 2.24) is 19.7 Å². The van der Waals surface area contributed by atoms with Crippen LogP contribution < -0.4 is 5.73 Å². The van der Waals surface area contributed by atoms with E-state index in [0.29, 0.717) is 27.5 Å². The summed E-state index contributed by atoms with van der Waals surface area (Å²) in [6, 6.07) is 7.03. The first-order chi connectivity index (χ1) is 11.5. The molecular formula is C16H18ClN5O2S. The standard InChI is InChI=1S/C16H18ClN5O2S/c1-16(2,3)22-13(18)11-12(9-7-5-6-8-10(9)17)19-15(25(4,23)24)20-14(11)21-22/h5-8H,18H2,1-4H3. The lowest BCUT2D eigenvalue weighted by Crippen LogP contribution is -2.24. The zero-order chi connectivity index (χ0) is 18.6. The lowest BCUT2D eigenvalue weighted by atomic mass is 10.1. The number of halogens is 1. The number of nitrogens with zero attached hydrogens (tertiary/aromatic N) is 4. The lowest BCUT2D eigenvalue weighted by Gasteiger charge is -2.20. The highest BCUT2D eigenvalue weighted by molar-refractivity contribution is 7.90. The number of anilines is 1. The van der Waals surface area contributed by atoms with Crippen LogP contribution in [0.2, 0.25) is 5.02 Å². The molecule has 7 nitrogen and oxygen atoms in total. The van der Waals surface area contributed by atoms with Crippen LogP contribution in [0, 0.1) is 0 Å². The first-order valence-electron chi connectivity index (χ1n) is 7.52. The average molecular weight is 380 g/mol. The number of hydrogen-bond donors (Lipinski definition) is 1. The van der Waals surface area contributed by atoms with Gasteiger partial charge in [-0.3, -0.25) is 0 Å². The Labute approximate surface area is 150 Å². The molecule has 0 aliphatic heterocycles. The van der Waals surface area contributed by atoms with Gasteiger partial charge < -0.3 is 5.73 Å². The molecule has 0 unspecified atom stereocenters. The Bertz CT molecular complexity index is 1080. The molecule has 0 saturated heterocycles. The Balaban J connectivity index is 2.49. The highest BCUT2D eigenvalue weighted by Crippen LogP contribution is 2.36. The van der Waals surface area contributed by atoms with E-state index >= 15 is 0 Å². The van der Waals surface area contributed by atoms with Crippen LogP contribution in [0.4, 0.5) is 5.82 Å². The molecule has 0 saturated carbocycles. The summed E-state index contributed by atoms with van der Waals surface area (Å²) in [5.74, 6) is 0.359. The maximum absolute atomic E-state index is 12.0. The monoisotopic (exact) mass is 379 g/mol. The summed E-state index contributed by atoms with van der Waals surface area (Å²) >= 11 is 6.30. The highest BCUT2D eigenvalue weighted by atomic mass is 35.5. The number of nitrogens with two attached hydrogens (primary N) is 1. The Morgan fingerprint density at radius 1 is 1.16 bits per heavy atom. The topological polar surface area (TPSA) is 104 Å². The lowest BCUT2D eigenvalue weighted by molar-refractivity contribution is 0.364. The van der Waals surface area contributed by atoms with Crippen LogP contribution in [-0.4, -0.2) is 34.4 Å². The summed E-state index contributed by atoms with van der Waals surface area (Å²) in [5, 5.41) is 5.01. The normalized spacial score (nSPS) is 12.7. The van der Waals surface area contributed by atoms with Crippen LogP contribution in [0.3, 0.4) is 0 Å². The number of aromatic nitrogens is 4. The van der Waals surface area contributed by atoms with Crippen molar-refractivity contribution in [3.05, 3.63) is 29.3 Å². The van der Waals surface area contributed by atoms with E-state index in [1.54, 1.807) is 28.9 Å². The van der Waals surface area contributed by atoms with E-state index in [9.17, 15) is 8.42 Å². The highest BCUT2D eigenvalue weighted by Gasteiger charge is 2.26. The van der Waals surface area contributed by atoms with Gasteiger partial charge in [0.25, 0.3) is 0 Å². The Hall–Kier alpha value is -2.19. The fraction of sp³-hybridized carbons (Fsp3) is 0.312. The molecule has 2 heterocycles. The molecule has 9 heteroatoms. The molecule has 0 spiro atoms. The molecular weight excluding hydrogens is 362 g/mol. The van der Waals surface area contributed by atoms with Crippen LogP contribution in [0.1, 0.15) is 20.8 Å². The van der Waals surface area contributed by atoms with Crippen LogP contribution in [0.25, 0.3) is 22.3 Å². The van der Waals surface area contributed by atoms with Crippen LogP contribution in [0.5, 0.6) is 0 Å². The van der Waals surface area contributed by atoms with Gasteiger partial charge in [0.15, 0.2) is 5.65 Å². The fourth-order valence-corrected chi connectivity index (χ4v) is 3.25. The first kappa shape index (κ1) is 17.6. The van der Waals surface area contributed by atoms with Gasteiger partial charge in [0.05, 0.1) is 16.6 Å². The first-order valence-corrected chi connectivity index (χ1v) is 9.79. The van der Waals surface area contributed by atoms with Gasteiger partial charge >= 0.3 is 0 Å². The van der Waals surface area contributed by atoms with Crippen molar-refractivity contribution in [2.45, 2.75) is 31.5 Å². The Morgan fingerprint density at radius 3 is 2.36 bits per heavy atom. The molecule has 0 amide bonds. The van der Waals surface area contributed by atoms with Gasteiger partial charge in [0, 0.05) is 16.8 Å². The largest absolute Gasteiger partial charge is 0.383 e. The van der Waals surface area contributed by atoms with Crippen molar-refractivity contribution in [1.29, 1.82) is 0 Å². The van der Waals surface area contributed by atoms with Gasteiger partial charge in [0.1, 0.15) is 5.82 Å². The van der Waals surface area contributed by atoms with Gasteiger partial charge in [-0.25, -0.2) is 18.1 Å². The van der Waals surface area contributed by atoms with E-state index in [1.165, 1.54) is 0 Å². The minimum Gasteiger partial charge on any atom is -0.383 e. The van der Waals surface area contributed by atoms with Gasteiger partial charge in [-0.2, -0.15) is 4.98 Å². The molecule has 0 radical (unpaired) electrons. The van der Waals surface area contributed by atoms with Crippen molar-refractivity contribution >= 4 is 38.3 Å². The van der Waals surface area contributed by atoms with Crippen molar-refractivity contribution < 1.29 is 8.42 Å². The minimum atomic E-state index is -3.63. The zero-order valence-electron chi connectivity index (χ0n) is 14.3. The average Bonchev–Trinajstić information content (AvgIpc) is 2.83. The molecule has 0 fully saturated rings. The smallest absolute Gasteiger partial charge is 0.249 e. The maximum Gasteiger partial charge on any atom is 0.249 e. The van der Waals surface area contributed by atoms with E-state index in [4.69, 9.17) is 17.3 Å². The van der Waals surface area contributed by atoms with E-state index in [2.05, 4.69) is 15.1 Å². The molecule has 25 heavy (non-hydrogen) atoms. The molecule has 0 aliphatic carbocycles. The second kappa shape index (κ2) is 5.67. The van der Waals surface area contributed by atoms with Gasteiger partial charge in [-0.15, -0.1) is 5.10 Å². The summed E-state index contributed by atoms with van der Waals surface area (Å²) in [4.78, 5) is 8.35. The Morgan fingerprint density at radius 2 is 1.80 bits per heavy atom. The molecule has 2 N–H and O–H groups in total. The van der Waals surface area contributed by atoms with Crippen molar-refractivity contribution in [2.24, 2.45) is 0 Å². The number of sulfone groups is 1. The van der Waals surface area contributed by atoms with E-state index < -0.39 is 15.4 Å². The van der Waals surface area contributed by atoms with Gasteiger partial charge in [-0.05, 0) is 26.8 Å². The number of hydrogen-bond acceptors (Lipinski definition) is 6. The summed E-state index contributed by atoms with van der Waals surface area (Å²) in [5.41, 5.74) is 7.03. The molecule has 0 atom stereocenters. The maximum atomic E-state index is 12.0. The summed E-state index contributed by atoms with van der Waals surface area (Å²) < 4.78 is 25.6. The fourth-order valence-electron chi connectivity index (χ4n) is 2.52.